The summed E-state index contributed by atoms with van der Waals surface area (Å²) in [5.41, 5.74) is 2.11. The molecule has 0 radical (unpaired) electrons. The summed E-state index contributed by atoms with van der Waals surface area (Å²) < 4.78 is 11.0. The van der Waals surface area contributed by atoms with Crippen LogP contribution in [-0.4, -0.2) is 34.7 Å². The molecule has 0 aliphatic carbocycles. The van der Waals surface area contributed by atoms with Crippen LogP contribution >= 0.6 is 0 Å². The molecule has 2 unspecified atom stereocenters. The van der Waals surface area contributed by atoms with Crippen molar-refractivity contribution < 1.29 is 9.00 Å². The minimum atomic E-state index is -0.757. The summed E-state index contributed by atoms with van der Waals surface area (Å²) in [6, 6.07) is 7.77. The van der Waals surface area contributed by atoms with Gasteiger partial charge in [0, 0.05) is 28.5 Å². The van der Waals surface area contributed by atoms with E-state index in [1.54, 1.807) is 6.26 Å². The van der Waals surface area contributed by atoms with E-state index >= 15 is 0 Å². The van der Waals surface area contributed by atoms with Crippen LogP contribution in [0.1, 0.15) is 18.4 Å². The second kappa shape index (κ2) is 6.82. The summed E-state index contributed by atoms with van der Waals surface area (Å²) >= 11 is 0. The van der Waals surface area contributed by atoms with Gasteiger partial charge in [0.2, 0.25) is 5.91 Å². The SMILES string of the molecule is CS(=O)CCCNC1CCc2ccccc2NC1=O. The van der Waals surface area contributed by atoms with E-state index in [1.807, 2.05) is 18.2 Å². The van der Waals surface area contributed by atoms with E-state index in [9.17, 15) is 9.00 Å². The van der Waals surface area contributed by atoms with Gasteiger partial charge in [-0.25, -0.2) is 0 Å². The largest absolute Gasteiger partial charge is 0.324 e. The third kappa shape index (κ3) is 4.14. The minimum Gasteiger partial charge on any atom is -0.324 e. The Bertz CT molecular complexity index is 476. The molecule has 0 aromatic heterocycles. The Morgan fingerprint density at radius 3 is 3.00 bits per heavy atom. The summed E-state index contributed by atoms with van der Waals surface area (Å²) in [4.78, 5) is 12.1. The maximum atomic E-state index is 12.1. The van der Waals surface area contributed by atoms with Crippen molar-refractivity contribution in [3.05, 3.63) is 29.8 Å². The molecule has 19 heavy (non-hydrogen) atoms. The van der Waals surface area contributed by atoms with Gasteiger partial charge in [-0.15, -0.1) is 0 Å². The van der Waals surface area contributed by atoms with Gasteiger partial charge in [0.1, 0.15) is 0 Å². The van der Waals surface area contributed by atoms with Crippen LogP contribution in [-0.2, 0) is 22.0 Å². The van der Waals surface area contributed by atoms with E-state index in [4.69, 9.17) is 0 Å². The smallest absolute Gasteiger partial charge is 0.241 e. The van der Waals surface area contributed by atoms with Gasteiger partial charge in [0.25, 0.3) is 0 Å². The first-order valence-corrected chi connectivity index (χ1v) is 8.31. The highest BCUT2D eigenvalue weighted by molar-refractivity contribution is 7.84. The van der Waals surface area contributed by atoms with Crippen molar-refractivity contribution in [2.24, 2.45) is 0 Å². The number of aryl methyl sites for hydroxylation is 1. The Morgan fingerprint density at radius 1 is 1.42 bits per heavy atom. The molecule has 2 atom stereocenters. The van der Waals surface area contributed by atoms with E-state index in [2.05, 4.69) is 16.7 Å². The standard InChI is InChI=1S/C14H20N2O2S/c1-19(18)10-4-9-15-13-8-7-11-5-2-3-6-12(11)16-14(13)17/h2-3,5-6,13,15H,4,7-10H2,1H3,(H,16,17). The fraction of sp³-hybridized carbons (Fsp3) is 0.500. The Labute approximate surface area is 116 Å². The maximum Gasteiger partial charge on any atom is 0.241 e. The molecule has 5 heteroatoms. The van der Waals surface area contributed by atoms with Crippen LogP contribution in [0.25, 0.3) is 0 Å². The van der Waals surface area contributed by atoms with Crippen LogP contribution in [0, 0.1) is 0 Å². The number of benzene rings is 1. The first kappa shape index (κ1) is 14.2. The number of anilines is 1. The molecular weight excluding hydrogens is 260 g/mol. The van der Waals surface area contributed by atoms with E-state index in [0.29, 0.717) is 5.75 Å². The summed E-state index contributed by atoms with van der Waals surface area (Å²) in [6.45, 7) is 0.730. The monoisotopic (exact) mass is 280 g/mol. The molecule has 1 amide bonds. The number of amides is 1. The molecule has 0 spiro atoms. The predicted molar refractivity (Wildman–Crippen MR) is 78.7 cm³/mol. The average Bonchev–Trinajstić information content (AvgIpc) is 2.53. The predicted octanol–water partition coefficient (Wildman–Crippen LogP) is 1.30. The van der Waals surface area contributed by atoms with E-state index in [-0.39, 0.29) is 11.9 Å². The minimum absolute atomic E-state index is 0.0302. The van der Waals surface area contributed by atoms with E-state index < -0.39 is 10.8 Å². The molecule has 1 aliphatic rings. The van der Waals surface area contributed by atoms with Crippen molar-refractivity contribution in [2.45, 2.75) is 25.3 Å². The van der Waals surface area contributed by atoms with Crippen LogP contribution in [0.4, 0.5) is 5.69 Å². The summed E-state index contributed by atoms with van der Waals surface area (Å²) in [7, 11) is -0.757. The highest BCUT2D eigenvalue weighted by Crippen LogP contribution is 2.21. The molecule has 0 saturated carbocycles. The first-order valence-electron chi connectivity index (χ1n) is 6.59. The van der Waals surface area contributed by atoms with Gasteiger partial charge in [0.15, 0.2) is 0 Å². The maximum absolute atomic E-state index is 12.1. The molecule has 1 aliphatic heterocycles. The second-order valence-electron chi connectivity index (χ2n) is 4.82. The lowest BCUT2D eigenvalue weighted by atomic mass is 10.1. The molecular formula is C14H20N2O2S. The number of carbonyl (C=O) groups excluding carboxylic acids is 1. The molecule has 1 aromatic rings. The zero-order valence-electron chi connectivity index (χ0n) is 11.1. The summed E-state index contributed by atoms with van der Waals surface area (Å²) in [6.07, 6.45) is 4.24. The molecule has 0 bridgehead atoms. The van der Waals surface area contributed by atoms with Crippen molar-refractivity contribution in [2.75, 3.05) is 23.9 Å². The Kier molecular flexibility index (Phi) is 5.10. The highest BCUT2D eigenvalue weighted by atomic mass is 32.2. The number of hydrogen-bond acceptors (Lipinski definition) is 3. The number of hydrogen-bond donors (Lipinski definition) is 2. The molecule has 4 nitrogen and oxygen atoms in total. The molecule has 104 valence electrons. The molecule has 1 aromatic carbocycles. The second-order valence-corrected chi connectivity index (χ2v) is 6.38. The van der Waals surface area contributed by atoms with Gasteiger partial charge in [-0.3, -0.25) is 9.00 Å². The third-order valence-electron chi connectivity index (χ3n) is 3.29. The van der Waals surface area contributed by atoms with Crippen molar-refractivity contribution in [3.8, 4) is 0 Å². The van der Waals surface area contributed by atoms with Crippen LogP contribution in [0.3, 0.4) is 0 Å². The number of rotatable bonds is 5. The highest BCUT2D eigenvalue weighted by Gasteiger charge is 2.22. The lowest BCUT2D eigenvalue weighted by Crippen LogP contribution is -2.40. The number of carbonyl (C=O) groups is 1. The van der Waals surface area contributed by atoms with Crippen LogP contribution in [0.5, 0.6) is 0 Å². The zero-order valence-corrected chi connectivity index (χ0v) is 12.0. The van der Waals surface area contributed by atoms with E-state index in [1.165, 1.54) is 5.56 Å². The third-order valence-corrected chi connectivity index (χ3v) is 4.16. The van der Waals surface area contributed by atoms with Crippen LogP contribution in [0.15, 0.2) is 24.3 Å². The Hall–Kier alpha value is -1.20. The first-order chi connectivity index (χ1) is 9.16. The van der Waals surface area contributed by atoms with Gasteiger partial charge in [-0.2, -0.15) is 0 Å². The Balaban J connectivity index is 1.88. The van der Waals surface area contributed by atoms with Crippen molar-refractivity contribution >= 4 is 22.4 Å². The molecule has 1 heterocycles. The quantitative estimate of drug-likeness (QED) is 0.799. The molecule has 2 rings (SSSR count). The average molecular weight is 280 g/mol. The number of nitrogens with one attached hydrogen (secondary N) is 2. The van der Waals surface area contributed by atoms with Crippen LogP contribution in [0.2, 0.25) is 0 Å². The van der Waals surface area contributed by atoms with Gasteiger partial charge in [0.05, 0.1) is 6.04 Å². The van der Waals surface area contributed by atoms with Crippen molar-refractivity contribution in [1.29, 1.82) is 0 Å². The van der Waals surface area contributed by atoms with E-state index in [0.717, 1.165) is 31.5 Å². The van der Waals surface area contributed by atoms with Crippen molar-refractivity contribution in [1.82, 2.24) is 5.32 Å². The van der Waals surface area contributed by atoms with Gasteiger partial charge in [-0.05, 0) is 37.4 Å². The van der Waals surface area contributed by atoms with Gasteiger partial charge >= 0.3 is 0 Å². The van der Waals surface area contributed by atoms with Crippen LogP contribution < -0.4 is 10.6 Å². The van der Waals surface area contributed by atoms with Crippen molar-refractivity contribution in [3.63, 3.8) is 0 Å². The zero-order chi connectivity index (χ0) is 13.7. The van der Waals surface area contributed by atoms with Gasteiger partial charge in [-0.1, -0.05) is 18.2 Å². The normalized spacial score (nSPS) is 20.3. The number of fused-ring (bicyclic) bond motifs is 1. The molecule has 0 fully saturated rings. The van der Waals surface area contributed by atoms with Gasteiger partial charge < -0.3 is 10.6 Å². The number of para-hydroxylation sites is 1. The lowest BCUT2D eigenvalue weighted by Gasteiger charge is -2.14. The fourth-order valence-electron chi connectivity index (χ4n) is 2.26. The Morgan fingerprint density at radius 2 is 2.21 bits per heavy atom. The lowest BCUT2D eigenvalue weighted by molar-refractivity contribution is -0.118. The molecule has 0 saturated heterocycles. The summed E-state index contributed by atoms with van der Waals surface area (Å²) in [5.74, 6) is 0.712. The topological polar surface area (TPSA) is 58.2 Å². The fourth-order valence-corrected chi connectivity index (χ4v) is 2.81. The molecule has 2 N–H and O–H groups in total. The summed E-state index contributed by atoms with van der Waals surface area (Å²) in [5, 5.41) is 6.22.